The molecule has 8 nitrogen and oxygen atoms in total. The number of carbonyl (C=O) groups is 1. The van der Waals surface area contributed by atoms with Gasteiger partial charge < -0.3 is 15.2 Å². The van der Waals surface area contributed by atoms with Crippen molar-refractivity contribution in [1.29, 1.82) is 0 Å². The second-order valence-corrected chi connectivity index (χ2v) is 4.13. The average molecular weight is 277 g/mol. The van der Waals surface area contributed by atoms with Gasteiger partial charge in [-0.3, -0.25) is 4.79 Å². The Balaban J connectivity index is 1.94. The summed E-state index contributed by atoms with van der Waals surface area (Å²) in [6.45, 7) is 0.316. The van der Waals surface area contributed by atoms with Crippen LogP contribution >= 0.6 is 0 Å². The summed E-state index contributed by atoms with van der Waals surface area (Å²) in [4.78, 5) is 11.8. The lowest BCUT2D eigenvalue weighted by Gasteiger charge is -2.10. The third-order valence-electron chi connectivity index (χ3n) is 2.61. The monoisotopic (exact) mass is 277 g/mol. The number of rotatable bonds is 6. The predicted molar refractivity (Wildman–Crippen MR) is 69.8 cm³/mol. The van der Waals surface area contributed by atoms with Crippen LogP contribution in [0.25, 0.3) is 11.4 Å². The summed E-state index contributed by atoms with van der Waals surface area (Å²) in [5.74, 6) is 0.201. The highest BCUT2D eigenvalue weighted by molar-refractivity contribution is 5.94. The number of carbonyl (C=O) groups excluding carboxylic acids is 1. The number of tetrazole rings is 1. The number of H-pyrrole nitrogens is 1. The van der Waals surface area contributed by atoms with Gasteiger partial charge in [0.15, 0.2) is 0 Å². The quantitative estimate of drug-likeness (QED) is 0.662. The van der Waals surface area contributed by atoms with Crippen LogP contribution in [0.2, 0.25) is 0 Å². The predicted octanol–water partition coefficient (Wildman–Crippen LogP) is -0.396. The van der Waals surface area contributed by atoms with Crippen molar-refractivity contribution in [2.24, 2.45) is 0 Å². The van der Waals surface area contributed by atoms with Crippen LogP contribution in [-0.4, -0.2) is 58.0 Å². The lowest BCUT2D eigenvalue weighted by atomic mass is 10.1. The molecule has 0 aliphatic carbocycles. The first-order valence-electron chi connectivity index (χ1n) is 6.00. The van der Waals surface area contributed by atoms with E-state index in [1.54, 1.807) is 24.3 Å². The molecule has 106 valence electrons. The Morgan fingerprint density at radius 1 is 1.45 bits per heavy atom. The van der Waals surface area contributed by atoms with E-state index in [4.69, 9.17) is 4.74 Å². The molecule has 0 saturated carbocycles. The number of hydrogen-bond donors (Lipinski definition) is 3. The lowest BCUT2D eigenvalue weighted by molar-refractivity contribution is 0.0610. The molecule has 1 aromatic carbocycles. The van der Waals surface area contributed by atoms with E-state index >= 15 is 0 Å². The van der Waals surface area contributed by atoms with Crippen LogP contribution in [-0.2, 0) is 4.74 Å². The Kier molecular flexibility index (Phi) is 4.75. The summed E-state index contributed by atoms with van der Waals surface area (Å²) < 4.78 is 4.77. The summed E-state index contributed by atoms with van der Waals surface area (Å²) in [5.41, 5.74) is 1.25. The molecule has 8 heteroatoms. The van der Waals surface area contributed by atoms with Gasteiger partial charge in [-0.2, -0.15) is 5.21 Å². The van der Waals surface area contributed by atoms with Crippen LogP contribution in [0.5, 0.6) is 0 Å². The van der Waals surface area contributed by atoms with E-state index in [9.17, 15) is 9.90 Å². The van der Waals surface area contributed by atoms with Crippen molar-refractivity contribution in [2.45, 2.75) is 6.10 Å². The van der Waals surface area contributed by atoms with E-state index in [-0.39, 0.29) is 19.1 Å². The lowest BCUT2D eigenvalue weighted by Crippen LogP contribution is -2.34. The van der Waals surface area contributed by atoms with Gasteiger partial charge in [0.2, 0.25) is 5.82 Å². The largest absolute Gasteiger partial charge is 0.389 e. The number of benzene rings is 1. The number of nitrogens with one attached hydrogen (secondary N) is 2. The Morgan fingerprint density at radius 2 is 2.20 bits per heavy atom. The van der Waals surface area contributed by atoms with Crippen LogP contribution in [0.15, 0.2) is 24.3 Å². The second-order valence-electron chi connectivity index (χ2n) is 4.13. The molecule has 1 heterocycles. The smallest absolute Gasteiger partial charge is 0.251 e. The van der Waals surface area contributed by atoms with Gasteiger partial charge in [-0.05, 0) is 17.3 Å². The molecule has 0 aliphatic heterocycles. The number of nitrogens with zero attached hydrogens (tertiary/aromatic N) is 3. The minimum atomic E-state index is -0.720. The minimum Gasteiger partial charge on any atom is -0.389 e. The van der Waals surface area contributed by atoms with Crippen molar-refractivity contribution in [2.75, 3.05) is 20.3 Å². The van der Waals surface area contributed by atoms with Crippen LogP contribution in [0.3, 0.4) is 0 Å². The molecule has 0 aliphatic rings. The molecule has 1 amide bonds. The molecule has 20 heavy (non-hydrogen) atoms. The number of aliphatic hydroxyl groups is 1. The molecule has 0 saturated heterocycles. The van der Waals surface area contributed by atoms with Gasteiger partial charge >= 0.3 is 0 Å². The molecule has 1 atom stereocenters. The van der Waals surface area contributed by atoms with Gasteiger partial charge in [0, 0.05) is 24.8 Å². The van der Waals surface area contributed by atoms with Crippen molar-refractivity contribution in [3.05, 3.63) is 29.8 Å². The molecule has 2 rings (SSSR count). The number of amides is 1. The molecule has 0 radical (unpaired) electrons. The molecular weight excluding hydrogens is 262 g/mol. The number of aliphatic hydroxyl groups excluding tert-OH is 1. The molecule has 1 aromatic heterocycles. The number of aromatic amines is 1. The molecule has 2 aromatic rings. The first kappa shape index (κ1) is 14.1. The second kappa shape index (κ2) is 6.73. The number of ether oxygens (including phenoxy) is 1. The van der Waals surface area contributed by atoms with Gasteiger partial charge in [0.05, 0.1) is 12.7 Å². The van der Waals surface area contributed by atoms with E-state index in [0.717, 1.165) is 5.56 Å². The number of aromatic nitrogens is 4. The third kappa shape index (κ3) is 3.59. The average Bonchev–Trinajstić information content (AvgIpc) is 2.99. The van der Waals surface area contributed by atoms with E-state index in [0.29, 0.717) is 11.4 Å². The zero-order chi connectivity index (χ0) is 14.4. The fourth-order valence-corrected chi connectivity index (χ4v) is 1.62. The molecule has 1 unspecified atom stereocenters. The summed E-state index contributed by atoms with van der Waals surface area (Å²) in [7, 11) is 1.49. The van der Waals surface area contributed by atoms with Gasteiger partial charge in [0.1, 0.15) is 0 Å². The van der Waals surface area contributed by atoms with Crippen LogP contribution < -0.4 is 5.32 Å². The van der Waals surface area contributed by atoms with Gasteiger partial charge in [0.25, 0.3) is 5.91 Å². The van der Waals surface area contributed by atoms with Crippen LogP contribution in [0, 0.1) is 0 Å². The maximum atomic E-state index is 11.8. The minimum absolute atomic E-state index is 0.138. The highest BCUT2D eigenvalue weighted by atomic mass is 16.5. The van der Waals surface area contributed by atoms with Crippen LogP contribution in [0.4, 0.5) is 0 Å². The van der Waals surface area contributed by atoms with E-state index < -0.39 is 6.10 Å². The molecule has 0 spiro atoms. The van der Waals surface area contributed by atoms with Gasteiger partial charge in [-0.25, -0.2) is 0 Å². The SMILES string of the molecule is COCC(O)CNC(=O)c1ccc(-c2nn[nH]n2)cc1. The molecule has 0 bridgehead atoms. The van der Waals surface area contributed by atoms with Crippen molar-refractivity contribution >= 4 is 5.91 Å². The maximum Gasteiger partial charge on any atom is 0.251 e. The summed E-state index contributed by atoms with van der Waals surface area (Å²) in [6, 6.07) is 6.77. The first-order chi connectivity index (χ1) is 9.70. The first-order valence-corrected chi connectivity index (χ1v) is 6.00. The third-order valence-corrected chi connectivity index (χ3v) is 2.61. The van der Waals surface area contributed by atoms with Crippen molar-refractivity contribution in [3.8, 4) is 11.4 Å². The summed E-state index contributed by atoms with van der Waals surface area (Å²) in [6.07, 6.45) is -0.720. The summed E-state index contributed by atoms with van der Waals surface area (Å²) in [5, 5.41) is 25.6. The highest BCUT2D eigenvalue weighted by Crippen LogP contribution is 2.13. The molecule has 0 fully saturated rings. The standard InChI is InChI=1S/C12H15N5O3/c1-20-7-10(18)6-13-12(19)9-4-2-8(3-5-9)11-14-16-17-15-11/h2-5,10,18H,6-7H2,1H3,(H,13,19)(H,14,15,16,17). The highest BCUT2D eigenvalue weighted by Gasteiger charge is 2.09. The topological polar surface area (TPSA) is 113 Å². The van der Waals surface area contributed by atoms with E-state index in [2.05, 4.69) is 25.9 Å². The van der Waals surface area contributed by atoms with E-state index in [1.807, 2.05) is 0 Å². The molecule has 3 N–H and O–H groups in total. The zero-order valence-corrected chi connectivity index (χ0v) is 10.9. The van der Waals surface area contributed by atoms with Crippen molar-refractivity contribution in [1.82, 2.24) is 25.9 Å². The van der Waals surface area contributed by atoms with Gasteiger partial charge in [-0.15, -0.1) is 10.2 Å². The van der Waals surface area contributed by atoms with Crippen LogP contribution in [0.1, 0.15) is 10.4 Å². The van der Waals surface area contributed by atoms with Gasteiger partial charge in [-0.1, -0.05) is 12.1 Å². The van der Waals surface area contributed by atoms with Crippen molar-refractivity contribution in [3.63, 3.8) is 0 Å². The summed E-state index contributed by atoms with van der Waals surface area (Å²) >= 11 is 0. The van der Waals surface area contributed by atoms with Crippen molar-refractivity contribution < 1.29 is 14.6 Å². The maximum absolute atomic E-state index is 11.8. The van der Waals surface area contributed by atoms with E-state index in [1.165, 1.54) is 7.11 Å². The molecular formula is C12H15N5O3. The zero-order valence-electron chi connectivity index (χ0n) is 10.9. The Morgan fingerprint density at radius 3 is 2.80 bits per heavy atom. The number of methoxy groups -OCH3 is 1. The fraction of sp³-hybridized carbons (Fsp3) is 0.333. The Labute approximate surface area is 115 Å². The number of hydrogen-bond acceptors (Lipinski definition) is 6. The normalized spacial score (nSPS) is 12.1. The fourth-order valence-electron chi connectivity index (χ4n) is 1.62. The Hall–Kier alpha value is -2.32. The Bertz CT molecular complexity index is 541.